The van der Waals surface area contributed by atoms with Gasteiger partial charge in [-0.3, -0.25) is 0 Å². The molecular formula is C9H11N3. The van der Waals surface area contributed by atoms with Gasteiger partial charge in [-0.15, -0.1) is 0 Å². The van der Waals surface area contributed by atoms with Crippen LogP contribution in [-0.2, 0) is 0 Å². The van der Waals surface area contributed by atoms with Crippen molar-refractivity contribution < 1.29 is 0 Å². The van der Waals surface area contributed by atoms with Gasteiger partial charge in [-0.25, -0.2) is 9.97 Å². The highest BCUT2D eigenvalue weighted by molar-refractivity contribution is 4.97. The SMILES string of the molecule is C=c1ncccc(=C)[nH]c(C)n1. The molecule has 0 unspecified atom stereocenters. The molecule has 1 aromatic heterocycles. The van der Waals surface area contributed by atoms with Gasteiger partial charge in [-0.1, -0.05) is 13.2 Å². The molecule has 0 bridgehead atoms. The van der Waals surface area contributed by atoms with Crippen LogP contribution in [0.15, 0.2) is 18.3 Å². The summed E-state index contributed by atoms with van der Waals surface area (Å²) in [5.74, 6) is 0.744. The fourth-order valence-electron chi connectivity index (χ4n) is 0.813. The van der Waals surface area contributed by atoms with E-state index in [1.165, 1.54) is 0 Å². The third-order valence-electron chi connectivity index (χ3n) is 1.25. The summed E-state index contributed by atoms with van der Waals surface area (Å²) in [5, 5.41) is 0.789. The van der Waals surface area contributed by atoms with Crippen LogP contribution >= 0.6 is 0 Å². The Labute approximate surface area is 70.8 Å². The highest BCUT2D eigenvalue weighted by Gasteiger charge is 1.76. The summed E-state index contributed by atoms with van der Waals surface area (Å²) in [7, 11) is 0. The largest absolute Gasteiger partial charge is 0.344 e. The molecule has 0 radical (unpaired) electrons. The number of aromatic amines is 1. The molecule has 1 aromatic rings. The van der Waals surface area contributed by atoms with E-state index in [0.29, 0.717) is 5.48 Å². The minimum absolute atomic E-state index is 0.486. The van der Waals surface area contributed by atoms with Gasteiger partial charge in [0, 0.05) is 11.5 Å². The normalized spacial score (nSPS) is 9.08. The maximum absolute atomic E-state index is 4.06. The van der Waals surface area contributed by atoms with Crippen LogP contribution in [0.1, 0.15) is 5.82 Å². The molecule has 0 fully saturated rings. The molecule has 3 heteroatoms. The number of aromatic nitrogens is 3. The standard InChI is InChI=1S/C9H11N3/c1-7-5-4-6-10-8(2)12-9(3)11-7/h4-6H,1-2H2,3H3,(H,11,12). The molecule has 1 heterocycles. The first-order valence-electron chi connectivity index (χ1n) is 3.59. The van der Waals surface area contributed by atoms with E-state index in [4.69, 9.17) is 0 Å². The topological polar surface area (TPSA) is 41.6 Å². The number of rotatable bonds is 0. The van der Waals surface area contributed by atoms with E-state index in [0.717, 1.165) is 11.2 Å². The molecule has 0 saturated heterocycles. The van der Waals surface area contributed by atoms with Crippen molar-refractivity contribution in [2.24, 2.45) is 0 Å². The Morgan fingerprint density at radius 1 is 1.42 bits per heavy atom. The molecule has 0 amide bonds. The van der Waals surface area contributed by atoms with Gasteiger partial charge in [-0.2, -0.15) is 0 Å². The van der Waals surface area contributed by atoms with E-state index in [1.54, 1.807) is 12.3 Å². The average molecular weight is 161 g/mol. The number of hydrogen-bond donors (Lipinski definition) is 1. The third-order valence-corrected chi connectivity index (χ3v) is 1.25. The van der Waals surface area contributed by atoms with Gasteiger partial charge in [0.25, 0.3) is 0 Å². The van der Waals surface area contributed by atoms with Crippen molar-refractivity contribution in [2.75, 3.05) is 0 Å². The van der Waals surface area contributed by atoms with Crippen molar-refractivity contribution in [1.82, 2.24) is 15.0 Å². The number of aryl methyl sites for hydroxylation is 1. The molecular weight excluding hydrogens is 150 g/mol. The number of hydrogen-bond acceptors (Lipinski definition) is 2. The van der Waals surface area contributed by atoms with Crippen LogP contribution in [0.5, 0.6) is 0 Å². The maximum Gasteiger partial charge on any atom is 0.146 e. The van der Waals surface area contributed by atoms with Crippen molar-refractivity contribution in [3.8, 4) is 0 Å². The van der Waals surface area contributed by atoms with E-state index in [9.17, 15) is 0 Å². The van der Waals surface area contributed by atoms with Gasteiger partial charge in [0.05, 0.1) is 0 Å². The zero-order valence-electron chi connectivity index (χ0n) is 7.04. The minimum atomic E-state index is 0.486. The summed E-state index contributed by atoms with van der Waals surface area (Å²) in [6.45, 7) is 9.25. The Morgan fingerprint density at radius 2 is 2.17 bits per heavy atom. The third kappa shape index (κ3) is 2.54. The van der Waals surface area contributed by atoms with Crippen molar-refractivity contribution in [3.63, 3.8) is 0 Å². The first-order chi connectivity index (χ1) is 5.68. The molecule has 0 aliphatic carbocycles. The van der Waals surface area contributed by atoms with Crippen LogP contribution in [0.4, 0.5) is 0 Å². The van der Waals surface area contributed by atoms with Crippen LogP contribution in [0.2, 0.25) is 0 Å². The lowest BCUT2D eigenvalue weighted by atomic mass is 10.5. The molecule has 0 aliphatic heterocycles. The lowest BCUT2D eigenvalue weighted by Gasteiger charge is -1.82. The number of nitrogens with one attached hydrogen (secondary N) is 1. The zero-order valence-corrected chi connectivity index (χ0v) is 7.04. The molecule has 0 saturated carbocycles. The Morgan fingerprint density at radius 3 is 2.92 bits per heavy atom. The highest BCUT2D eigenvalue weighted by Crippen LogP contribution is 1.68. The molecule has 1 rings (SSSR count). The van der Waals surface area contributed by atoms with Crippen molar-refractivity contribution >= 4 is 13.2 Å². The van der Waals surface area contributed by atoms with Crippen LogP contribution in [0, 0.1) is 6.92 Å². The predicted octanol–water partition coefficient (Wildman–Crippen LogP) is 0.0581. The Bertz CT molecular complexity index is 366. The summed E-state index contributed by atoms with van der Waals surface area (Å²) in [6, 6.07) is 3.61. The zero-order chi connectivity index (χ0) is 8.97. The smallest absolute Gasteiger partial charge is 0.146 e. The average Bonchev–Trinajstić information content (AvgIpc) is 2.01. The minimum Gasteiger partial charge on any atom is -0.344 e. The second-order valence-electron chi connectivity index (χ2n) is 2.40. The first-order valence-corrected chi connectivity index (χ1v) is 3.59. The van der Waals surface area contributed by atoms with Gasteiger partial charge < -0.3 is 4.98 Å². The van der Waals surface area contributed by atoms with Crippen LogP contribution in [0.25, 0.3) is 13.2 Å². The van der Waals surface area contributed by atoms with Crippen molar-refractivity contribution in [1.29, 1.82) is 0 Å². The first kappa shape index (κ1) is 8.46. The molecule has 0 spiro atoms. The van der Waals surface area contributed by atoms with E-state index < -0.39 is 0 Å². The van der Waals surface area contributed by atoms with Crippen LogP contribution in [-0.4, -0.2) is 15.0 Å². The second-order valence-corrected chi connectivity index (χ2v) is 2.40. The van der Waals surface area contributed by atoms with Gasteiger partial charge >= 0.3 is 0 Å². The quantitative estimate of drug-likeness (QED) is 0.584. The Kier molecular flexibility index (Phi) is 2.58. The summed E-state index contributed by atoms with van der Waals surface area (Å²) in [5.41, 5.74) is 0.486. The Hall–Kier alpha value is -1.64. The second kappa shape index (κ2) is 3.67. The fraction of sp³-hybridized carbons (Fsp3) is 0.111. The number of nitrogens with zero attached hydrogens (tertiary/aromatic N) is 2. The van der Waals surface area contributed by atoms with Crippen molar-refractivity contribution in [2.45, 2.75) is 6.92 Å². The molecule has 0 aromatic carbocycles. The van der Waals surface area contributed by atoms with Crippen molar-refractivity contribution in [3.05, 3.63) is 35.0 Å². The summed E-state index contributed by atoms with van der Waals surface area (Å²) < 4.78 is 0. The van der Waals surface area contributed by atoms with E-state index in [-0.39, 0.29) is 0 Å². The number of H-pyrrole nitrogens is 1. The molecule has 1 N–H and O–H groups in total. The van der Waals surface area contributed by atoms with Gasteiger partial charge in [0.2, 0.25) is 0 Å². The van der Waals surface area contributed by atoms with Crippen LogP contribution in [0.3, 0.4) is 0 Å². The molecule has 0 aliphatic rings. The van der Waals surface area contributed by atoms with Gasteiger partial charge in [0.15, 0.2) is 0 Å². The predicted molar refractivity (Wildman–Crippen MR) is 49.0 cm³/mol. The van der Waals surface area contributed by atoms with Crippen LogP contribution < -0.4 is 10.8 Å². The summed E-state index contributed by atoms with van der Waals surface area (Å²) in [6.07, 6.45) is 1.64. The highest BCUT2D eigenvalue weighted by atomic mass is 14.9. The van der Waals surface area contributed by atoms with E-state index in [1.807, 2.05) is 13.0 Å². The van der Waals surface area contributed by atoms with E-state index >= 15 is 0 Å². The molecule has 62 valence electrons. The molecule has 3 nitrogen and oxygen atoms in total. The van der Waals surface area contributed by atoms with Gasteiger partial charge in [0.1, 0.15) is 11.3 Å². The maximum atomic E-state index is 4.06. The molecule has 12 heavy (non-hydrogen) atoms. The summed E-state index contributed by atoms with van der Waals surface area (Å²) >= 11 is 0. The lowest BCUT2D eigenvalue weighted by Crippen LogP contribution is -2.09. The molecule has 0 atom stereocenters. The fourth-order valence-corrected chi connectivity index (χ4v) is 0.813. The van der Waals surface area contributed by atoms with Gasteiger partial charge in [-0.05, 0) is 19.1 Å². The van der Waals surface area contributed by atoms with E-state index in [2.05, 4.69) is 28.1 Å². The lowest BCUT2D eigenvalue weighted by molar-refractivity contribution is 1.00. The summed E-state index contributed by atoms with van der Waals surface area (Å²) in [4.78, 5) is 11.0. The monoisotopic (exact) mass is 161 g/mol. The Balaban J connectivity index is 3.56.